The summed E-state index contributed by atoms with van der Waals surface area (Å²) in [5.41, 5.74) is 5.98. The SMILES string of the molecule is CCOC(=O)c1cc(NC(=O)[C@@H](N)C(C)C)cc(S(C)(=O)=O)c1.Cl. The van der Waals surface area contributed by atoms with Gasteiger partial charge in [-0.05, 0) is 31.0 Å². The highest BCUT2D eigenvalue weighted by atomic mass is 35.5. The van der Waals surface area contributed by atoms with Crippen LogP contribution in [0.2, 0.25) is 0 Å². The standard InChI is InChI=1S/C15H22N2O5S.ClH/c1-5-22-15(19)10-6-11(8-12(7-10)23(4,20)21)17-14(18)13(16)9(2)3;/h6-9,13H,5,16H2,1-4H3,(H,17,18);1H/t13-;/m0./s1. The predicted molar refractivity (Wildman–Crippen MR) is 94.2 cm³/mol. The summed E-state index contributed by atoms with van der Waals surface area (Å²) in [5, 5.41) is 2.54. The van der Waals surface area contributed by atoms with Crippen molar-refractivity contribution in [1.29, 1.82) is 0 Å². The predicted octanol–water partition coefficient (Wildman–Crippen LogP) is 1.61. The molecule has 0 fully saturated rings. The van der Waals surface area contributed by atoms with Gasteiger partial charge in [0.1, 0.15) is 0 Å². The van der Waals surface area contributed by atoms with E-state index in [4.69, 9.17) is 10.5 Å². The number of ether oxygens (including phenoxy) is 1. The number of amides is 1. The van der Waals surface area contributed by atoms with E-state index in [1.807, 2.05) is 0 Å². The Labute approximate surface area is 148 Å². The minimum absolute atomic E-state index is 0. The topological polar surface area (TPSA) is 116 Å². The molecule has 0 saturated heterocycles. The van der Waals surface area contributed by atoms with E-state index < -0.39 is 27.8 Å². The van der Waals surface area contributed by atoms with Gasteiger partial charge in [0.05, 0.1) is 23.1 Å². The van der Waals surface area contributed by atoms with E-state index in [1.165, 1.54) is 18.2 Å². The van der Waals surface area contributed by atoms with Crippen LogP contribution in [0, 0.1) is 5.92 Å². The Morgan fingerprint density at radius 2 is 1.83 bits per heavy atom. The largest absolute Gasteiger partial charge is 0.462 e. The van der Waals surface area contributed by atoms with Crippen molar-refractivity contribution in [2.45, 2.75) is 31.7 Å². The van der Waals surface area contributed by atoms with Gasteiger partial charge in [-0.3, -0.25) is 4.79 Å². The second-order valence-electron chi connectivity index (χ2n) is 5.50. The highest BCUT2D eigenvalue weighted by Gasteiger charge is 2.20. The number of carbonyl (C=O) groups excluding carboxylic acids is 2. The van der Waals surface area contributed by atoms with Gasteiger partial charge in [0, 0.05) is 11.9 Å². The molecule has 1 atom stereocenters. The van der Waals surface area contributed by atoms with Gasteiger partial charge in [0.2, 0.25) is 5.91 Å². The zero-order valence-electron chi connectivity index (χ0n) is 14.0. The molecule has 136 valence electrons. The smallest absolute Gasteiger partial charge is 0.338 e. The van der Waals surface area contributed by atoms with Crippen LogP contribution in [0.5, 0.6) is 0 Å². The summed E-state index contributed by atoms with van der Waals surface area (Å²) in [6, 6.07) is 3.11. The van der Waals surface area contributed by atoms with Gasteiger partial charge in [-0.1, -0.05) is 13.8 Å². The summed E-state index contributed by atoms with van der Waals surface area (Å²) in [4.78, 5) is 23.8. The maximum Gasteiger partial charge on any atom is 0.338 e. The minimum atomic E-state index is -3.56. The van der Waals surface area contributed by atoms with Crippen LogP contribution < -0.4 is 11.1 Å². The van der Waals surface area contributed by atoms with E-state index in [0.29, 0.717) is 0 Å². The van der Waals surface area contributed by atoms with E-state index in [0.717, 1.165) is 6.26 Å². The number of sulfone groups is 1. The van der Waals surface area contributed by atoms with Gasteiger partial charge >= 0.3 is 5.97 Å². The molecule has 1 aromatic carbocycles. The lowest BCUT2D eigenvalue weighted by Crippen LogP contribution is -2.39. The summed E-state index contributed by atoms with van der Waals surface area (Å²) in [6.45, 7) is 5.38. The Bertz CT molecular complexity index is 704. The lowest BCUT2D eigenvalue weighted by Gasteiger charge is -2.16. The summed E-state index contributed by atoms with van der Waals surface area (Å²) >= 11 is 0. The fourth-order valence-corrected chi connectivity index (χ4v) is 2.43. The number of nitrogens with two attached hydrogens (primary N) is 1. The van der Waals surface area contributed by atoms with Gasteiger partial charge in [-0.15, -0.1) is 12.4 Å². The van der Waals surface area contributed by atoms with Gasteiger partial charge in [0.25, 0.3) is 0 Å². The Hall–Kier alpha value is -1.64. The minimum Gasteiger partial charge on any atom is -0.462 e. The molecule has 0 unspecified atom stereocenters. The lowest BCUT2D eigenvalue weighted by atomic mass is 10.0. The molecule has 0 aliphatic rings. The zero-order valence-corrected chi connectivity index (χ0v) is 15.7. The molecule has 1 aromatic rings. The van der Waals surface area contributed by atoms with Crippen LogP contribution in [-0.4, -0.2) is 39.2 Å². The third kappa shape index (κ3) is 6.10. The summed E-state index contributed by atoms with van der Waals surface area (Å²) in [5.74, 6) is -1.21. The molecule has 3 N–H and O–H groups in total. The van der Waals surface area contributed by atoms with Crippen molar-refractivity contribution >= 4 is 39.8 Å². The second kappa shape index (κ2) is 9.00. The van der Waals surface area contributed by atoms with Gasteiger partial charge in [0.15, 0.2) is 9.84 Å². The summed E-state index contributed by atoms with van der Waals surface area (Å²) < 4.78 is 28.4. The van der Waals surface area contributed by atoms with Crippen molar-refractivity contribution in [2.75, 3.05) is 18.2 Å². The quantitative estimate of drug-likeness (QED) is 0.726. The second-order valence-corrected chi connectivity index (χ2v) is 7.51. The number of nitrogens with one attached hydrogen (secondary N) is 1. The third-order valence-corrected chi connectivity index (χ3v) is 4.23. The molecule has 1 amide bonds. The highest BCUT2D eigenvalue weighted by molar-refractivity contribution is 7.90. The van der Waals surface area contributed by atoms with E-state index in [2.05, 4.69) is 5.32 Å². The number of rotatable bonds is 6. The Balaban J connectivity index is 0.00000529. The molecule has 9 heteroatoms. The fraction of sp³-hybridized carbons (Fsp3) is 0.467. The maximum atomic E-state index is 12.0. The van der Waals surface area contributed by atoms with Crippen LogP contribution in [0.3, 0.4) is 0 Å². The molecule has 0 radical (unpaired) electrons. The summed E-state index contributed by atoms with van der Waals surface area (Å²) in [7, 11) is -3.56. The van der Waals surface area contributed by atoms with Crippen LogP contribution in [0.4, 0.5) is 5.69 Å². The molecule has 0 bridgehead atoms. The normalized spacial score (nSPS) is 12.2. The van der Waals surface area contributed by atoms with Gasteiger partial charge in [-0.25, -0.2) is 13.2 Å². The monoisotopic (exact) mass is 378 g/mol. The number of hydrogen-bond donors (Lipinski definition) is 2. The first kappa shape index (κ1) is 22.4. The van der Waals surface area contributed by atoms with Crippen LogP contribution >= 0.6 is 12.4 Å². The number of carbonyl (C=O) groups is 2. The third-order valence-electron chi connectivity index (χ3n) is 3.13. The van der Waals surface area contributed by atoms with E-state index in [-0.39, 0.29) is 41.1 Å². The Morgan fingerprint density at radius 1 is 1.25 bits per heavy atom. The van der Waals surface area contributed by atoms with Crippen molar-refractivity contribution in [1.82, 2.24) is 0 Å². The van der Waals surface area contributed by atoms with E-state index in [1.54, 1.807) is 20.8 Å². The molecular formula is C15H23ClN2O5S. The molecule has 24 heavy (non-hydrogen) atoms. The van der Waals surface area contributed by atoms with Crippen molar-refractivity contribution < 1.29 is 22.7 Å². The lowest BCUT2D eigenvalue weighted by molar-refractivity contribution is -0.118. The highest BCUT2D eigenvalue weighted by Crippen LogP contribution is 2.20. The first-order chi connectivity index (χ1) is 10.6. The van der Waals surface area contributed by atoms with Crippen LogP contribution in [0.25, 0.3) is 0 Å². The van der Waals surface area contributed by atoms with E-state index >= 15 is 0 Å². The molecule has 0 heterocycles. The van der Waals surface area contributed by atoms with Crippen LogP contribution in [0.1, 0.15) is 31.1 Å². The molecular weight excluding hydrogens is 356 g/mol. The number of halogens is 1. The fourth-order valence-electron chi connectivity index (χ4n) is 1.75. The molecule has 7 nitrogen and oxygen atoms in total. The summed E-state index contributed by atoms with van der Waals surface area (Å²) in [6.07, 6.45) is 1.02. The number of anilines is 1. The molecule has 0 spiro atoms. The maximum absolute atomic E-state index is 12.0. The number of hydrogen-bond acceptors (Lipinski definition) is 6. The molecule has 1 rings (SSSR count). The molecule has 0 saturated carbocycles. The first-order valence-corrected chi connectivity index (χ1v) is 9.04. The Kier molecular flexibility index (Phi) is 8.39. The van der Waals surface area contributed by atoms with E-state index in [9.17, 15) is 18.0 Å². The van der Waals surface area contributed by atoms with Crippen LogP contribution in [-0.2, 0) is 19.4 Å². The van der Waals surface area contributed by atoms with Gasteiger partial charge in [-0.2, -0.15) is 0 Å². The molecule has 0 aromatic heterocycles. The van der Waals surface area contributed by atoms with Crippen molar-refractivity contribution in [3.8, 4) is 0 Å². The van der Waals surface area contributed by atoms with Crippen LogP contribution in [0.15, 0.2) is 23.1 Å². The van der Waals surface area contributed by atoms with Crippen molar-refractivity contribution in [3.63, 3.8) is 0 Å². The van der Waals surface area contributed by atoms with Gasteiger partial charge < -0.3 is 15.8 Å². The first-order valence-electron chi connectivity index (χ1n) is 7.15. The number of esters is 1. The zero-order chi connectivity index (χ0) is 17.8. The van der Waals surface area contributed by atoms with Crippen molar-refractivity contribution in [2.24, 2.45) is 11.7 Å². The average molecular weight is 379 g/mol. The molecule has 0 aliphatic carbocycles. The van der Waals surface area contributed by atoms with Crippen molar-refractivity contribution in [3.05, 3.63) is 23.8 Å². The molecule has 0 aliphatic heterocycles. The number of benzene rings is 1. The average Bonchev–Trinajstić information content (AvgIpc) is 2.45. The Morgan fingerprint density at radius 3 is 2.29 bits per heavy atom.